The van der Waals surface area contributed by atoms with Gasteiger partial charge in [0.25, 0.3) is 0 Å². The van der Waals surface area contributed by atoms with E-state index in [1.807, 2.05) is 6.92 Å². The predicted octanol–water partition coefficient (Wildman–Crippen LogP) is 2.78. The third kappa shape index (κ3) is 2.65. The Labute approximate surface area is 76.6 Å². The number of hydrogen-bond donors (Lipinski definition) is 0. The number of hydrogen-bond acceptors (Lipinski definition) is 1. The van der Waals surface area contributed by atoms with E-state index in [0.29, 0.717) is 0 Å². The van der Waals surface area contributed by atoms with E-state index >= 15 is 0 Å². The van der Waals surface area contributed by atoms with Gasteiger partial charge in [0.2, 0.25) is 0 Å². The molecule has 1 nitrogen and oxygen atoms in total. The van der Waals surface area contributed by atoms with Crippen LogP contribution in [0.4, 0.5) is 0 Å². The maximum Gasteiger partial charge on any atom is 0.191 e. The second-order valence-electron chi connectivity index (χ2n) is 3.94. The summed E-state index contributed by atoms with van der Waals surface area (Å²) in [6, 6.07) is 2.61. The van der Waals surface area contributed by atoms with Gasteiger partial charge in [-0.3, -0.25) is 0 Å². The highest BCUT2D eigenvalue weighted by Gasteiger charge is 2.32. The van der Waals surface area contributed by atoms with Crippen LogP contribution in [0.1, 0.15) is 26.2 Å². The van der Waals surface area contributed by atoms with E-state index in [1.54, 1.807) is 0 Å². The van der Waals surface area contributed by atoms with Gasteiger partial charge in [0, 0.05) is 0 Å². The highest BCUT2D eigenvalue weighted by molar-refractivity contribution is 6.72. The quantitative estimate of drug-likeness (QED) is 0.471. The van der Waals surface area contributed by atoms with Gasteiger partial charge in [0.05, 0.1) is 0 Å². The Morgan fingerprint density at radius 2 is 1.92 bits per heavy atom. The van der Waals surface area contributed by atoms with Crippen LogP contribution in [0.3, 0.4) is 0 Å². The van der Waals surface area contributed by atoms with Gasteiger partial charge in [-0.05, 0) is 25.6 Å². The molecule has 1 heterocycles. The minimum atomic E-state index is -1.36. The Bertz CT molecular complexity index is 177. The molecule has 12 heavy (non-hydrogen) atoms. The first-order chi connectivity index (χ1) is 5.66. The maximum atomic E-state index is 5.93. The van der Waals surface area contributed by atoms with Crippen LogP contribution < -0.4 is 0 Å². The molecule has 2 heteroatoms. The van der Waals surface area contributed by atoms with Crippen molar-refractivity contribution in [2.24, 2.45) is 0 Å². The van der Waals surface area contributed by atoms with Crippen molar-refractivity contribution in [3.8, 4) is 12.3 Å². The molecule has 0 N–H and O–H groups in total. The monoisotopic (exact) mass is 182 g/mol. The van der Waals surface area contributed by atoms with Gasteiger partial charge in [-0.15, -0.1) is 6.42 Å². The van der Waals surface area contributed by atoms with Crippen LogP contribution in [0.5, 0.6) is 0 Å². The lowest BCUT2D eigenvalue weighted by Gasteiger charge is -2.32. The van der Waals surface area contributed by atoms with E-state index in [9.17, 15) is 0 Å². The lowest BCUT2D eigenvalue weighted by molar-refractivity contribution is 0.258. The standard InChI is InChI=1S/C10H18OSi/c1-4-10(2)11-12(3)8-6-5-7-9-12/h1,10H,5-9H2,2-3H3. The lowest BCUT2D eigenvalue weighted by atomic mass is 10.3. The third-order valence-corrected chi connectivity index (χ3v) is 6.35. The molecule has 0 aliphatic carbocycles. The summed E-state index contributed by atoms with van der Waals surface area (Å²) < 4.78 is 5.93. The zero-order chi connectivity index (χ0) is 9.03. The van der Waals surface area contributed by atoms with Crippen LogP contribution in [0.2, 0.25) is 18.6 Å². The molecule has 0 aromatic rings. The van der Waals surface area contributed by atoms with Crippen molar-refractivity contribution in [2.45, 2.75) is 50.9 Å². The number of rotatable bonds is 2. The molecule has 0 spiro atoms. The Hall–Kier alpha value is -0.263. The molecule has 1 atom stereocenters. The van der Waals surface area contributed by atoms with Crippen LogP contribution in [0, 0.1) is 12.3 Å². The summed E-state index contributed by atoms with van der Waals surface area (Å²) in [5.41, 5.74) is 0. The Morgan fingerprint density at radius 3 is 2.42 bits per heavy atom. The van der Waals surface area contributed by atoms with Gasteiger partial charge in [-0.1, -0.05) is 25.2 Å². The van der Waals surface area contributed by atoms with E-state index in [-0.39, 0.29) is 6.10 Å². The summed E-state index contributed by atoms with van der Waals surface area (Å²) in [5.74, 6) is 2.65. The second kappa shape index (κ2) is 4.11. The zero-order valence-corrected chi connectivity index (χ0v) is 9.10. The molecule has 1 rings (SSSR count). The van der Waals surface area contributed by atoms with Crippen LogP contribution in [0.15, 0.2) is 0 Å². The summed E-state index contributed by atoms with van der Waals surface area (Å²) >= 11 is 0. The Kier molecular flexibility index (Phi) is 3.36. The molecule has 68 valence electrons. The van der Waals surface area contributed by atoms with Crippen molar-refractivity contribution in [3.05, 3.63) is 0 Å². The van der Waals surface area contributed by atoms with Gasteiger partial charge in [-0.2, -0.15) is 0 Å². The fourth-order valence-electron chi connectivity index (χ4n) is 1.88. The summed E-state index contributed by atoms with van der Waals surface area (Å²) in [6.45, 7) is 4.30. The first kappa shape index (κ1) is 9.82. The number of terminal acetylenes is 1. The minimum Gasteiger partial charge on any atom is -0.404 e. The molecule has 1 unspecified atom stereocenters. The SMILES string of the molecule is C#CC(C)O[Si]1(C)CCCCC1. The molecule has 1 saturated heterocycles. The topological polar surface area (TPSA) is 9.23 Å². The highest BCUT2D eigenvalue weighted by Crippen LogP contribution is 2.29. The molecule has 1 fully saturated rings. The normalized spacial score (nSPS) is 24.4. The minimum absolute atomic E-state index is 0.0276. The largest absolute Gasteiger partial charge is 0.404 e. The molecule has 0 aromatic heterocycles. The van der Waals surface area contributed by atoms with Crippen molar-refractivity contribution in [2.75, 3.05) is 0 Å². The Morgan fingerprint density at radius 1 is 1.33 bits per heavy atom. The molecular weight excluding hydrogens is 164 g/mol. The van der Waals surface area contributed by atoms with Crippen LogP contribution in [-0.2, 0) is 4.43 Å². The van der Waals surface area contributed by atoms with Gasteiger partial charge in [0.1, 0.15) is 6.10 Å². The summed E-state index contributed by atoms with van der Waals surface area (Å²) in [4.78, 5) is 0. The molecular formula is C10H18OSi. The van der Waals surface area contributed by atoms with E-state index in [2.05, 4.69) is 12.5 Å². The summed E-state index contributed by atoms with van der Waals surface area (Å²) in [7, 11) is -1.36. The lowest BCUT2D eigenvalue weighted by Crippen LogP contribution is -2.39. The van der Waals surface area contributed by atoms with E-state index in [1.165, 1.54) is 31.4 Å². The van der Waals surface area contributed by atoms with Crippen molar-refractivity contribution in [1.29, 1.82) is 0 Å². The van der Waals surface area contributed by atoms with Crippen LogP contribution in [0.25, 0.3) is 0 Å². The maximum absolute atomic E-state index is 5.93. The fraction of sp³-hybridized carbons (Fsp3) is 0.800. The average Bonchev–Trinajstić information content (AvgIpc) is 2.05. The molecule has 0 radical (unpaired) electrons. The molecule has 1 aliphatic heterocycles. The molecule has 0 saturated carbocycles. The van der Waals surface area contributed by atoms with Crippen molar-refractivity contribution in [3.63, 3.8) is 0 Å². The third-order valence-electron chi connectivity index (χ3n) is 2.61. The van der Waals surface area contributed by atoms with E-state index in [4.69, 9.17) is 10.8 Å². The first-order valence-corrected chi connectivity index (χ1v) is 7.62. The smallest absolute Gasteiger partial charge is 0.191 e. The van der Waals surface area contributed by atoms with Crippen molar-refractivity contribution < 1.29 is 4.43 Å². The molecule has 0 amide bonds. The van der Waals surface area contributed by atoms with Crippen LogP contribution in [-0.4, -0.2) is 14.4 Å². The van der Waals surface area contributed by atoms with Crippen molar-refractivity contribution >= 4 is 8.32 Å². The fourth-order valence-corrected chi connectivity index (χ4v) is 5.28. The summed E-state index contributed by atoms with van der Waals surface area (Å²) in [5, 5.41) is 0. The van der Waals surface area contributed by atoms with E-state index < -0.39 is 8.32 Å². The second-order valence-corrected chi connectivity index (χ2v) is 8.07. The molecule has 0 bridgehead atoms. The van der Waals surface area contributed by atoms with Gasteiger partial charge in [-0.25, -0.2) is 0 Å². The Balaban J connectivity index is 2.42. The van der Waals surface area contributed by atoms with E-state index in [0.717, 1.165) is 0 Å². The van der Waals surface area contributed by atoms with Gasteiger partial charge in [0.15, 0.2) is 8.32 Å². The predicted molar refractivity (Wildman–Crippen MR) is 54.5 cm³/mol. The van der Waals surface area contributed by atoms with Gasteiger partial charge >= 0.3 is 0 Å². The average molecular weight is 182 g/mol. The molecule has 0 aromatic carbocycles. The van der Waals surface area contributed by atoms with Crippen molar-refractivity contribution in [1.82, 2.24) is 0 Å². The van der Waals surface area contributed by atoms with Gasteiger partial charge < -0.3 is 4.43 Å². The first-order valence-electron chi connectivity index (χ1n) is 4.80. The van der Waals surface area contributed by atoms with Crippen LogP contribution >= 0.6 is 0 Å². The zero-order valence-electron chi connectivity index (χ0n) is 8.10. The summed E-state index contributed by atoms with van der Waals surface area (Å²) in [6.07, 6.45) is 9.40. The molecule has 1 aliphatic rings. The highest BCUT2D eigenvalue weighted by atomic mass is 28.4.